The summed E-state index contributed by atoms with van der Waals surface area (Å²) >= 11 is 1.23. The number of rotatable bonds is 5. The molecule has 8 heteroatoms. The van der Waals surface area contributed by atoms with E-state index in [1.54, 1.807) is 5.38 Å². The van der Waals surface area contributed by atoms with E-state index in [9.17, 15) is 14.4 Å². The van der Waals surface area contributed by atoms with E-state index in [1.807, 2.05) is 0 Å². The van der Waals surface area contributed by atoms with Gasteiger partial charge in [-0.1, -0.05) is 0 Å². The number of anilines is 1. The molecule has 1 aliphatic rings. The molecule has 0 atom stereocenters. The molecule has 0 aromatic carbocycles. The fourth-order valence-corrected chi connectivity index (χ4v) is 2.60. The second kappa shape index (κ2) is 6.47. The van der Waals surface area contributed by atoms with Crippen LogP contribution in [0.5, 0.6) is 0 Å². The molecule has 0 unspecified atom stereocenters. The van der Waals surface area contributed by atoms with Crippen molar-refractivity contribution < 1.29 is 19.1 Å². The summed E-state index contributed by atoms with van der Waals surface area (Å²) in [6, 6.07) is 0. The highest BCUT2D eigenvalue weighted by Crippen LogP contribution is 2.16. The third-order valence-corrected chi connectivity index (χ3v) is 3.66. The highest BCUT2D eigenvalue weighted by atomic mass is 32.1. The molecule has 1 aromatic rings. The SMILES string of the molecule is COC(=O)Cc1csc(NC(=O)CN2CCCC2=O)n1. The van der Waals surface area contributed by atoms with Crippen LogP contribution in [0.15, 0.2) is 5.38 Å². The van der Waals surface area contributed by atoms with Crippen LogP contribution in [0.1, 0.15) is 18.5 Å². The predicted octanol–water partition coefficient (Wildman–Crippen LogP) is 0.419. The normalized spacial score (nSPS) is 14.4. The number of carbonyl (C=O) groups is 3. The van der Waals surface area contributed by atoms with Gasteiger partial charge in [0.05, 0.1) is 25.8 Å². The number of amides is 2. The van der Waals surface area contributed by atoms with Gasteiger partial charge in [0, 0.05) is 18.3 Å². The molecule has 0 radical (unpaired) electrons. The lowest BCUT2D eigenvalue weighted by Crippen LogP contribution is -2.33. The van der Waals surface area contributed by atoms with Crippen molar-refractivity contribution in [1.29, 1.82) is 0 Å². The van der Waals surface area contributed by atoms with E-state index in [4.69, 9.17) is 0 Å². The molecular weight excluding hydrogens is 282 g/mol. The molecular formula is C12H15N3O4S. The Morgan fingerprint density at radius 3 is 3.00 bits per heavy atom. The number of nitrogens with zero attached hydrogens (tertiary/aromatic N) is 2. The average Bonchev–Trinajstić information content (AvgIpc) is 3.00. The van der Waals surface area contributed by atoms with Gasteiger partial charge in [0.1, 0.15) is 0 Å². The highest BCUT2D eigenvalue weighted by molar-refractivity contribution is 7.13. The molecule has 0 saturated carbocycles. The first-order chi connectivity index (χ1) is 9.58. The third-order valence-electron chi connectivity index (χ3n) is 2.86. The Morgan fingerprint density at radius 1 is 1.55 bits per heavy atom. The Kier molecular flexibility index (Phi) is 4.67. The van der Waals surface area contributed by atoms with Crippen molar-refractivity contribution in [2.75, 3.05) is 25.5 Å². The predicted molar refractivity (Wildman–Crippen MR) is 72.3 cm³/mol. The van der Waals surface area contributed by atoms with Crippen LogP contribution in [0, 0.1) is 0 Å². The summed E-state index contributed by atoms with van der Waals surface area (Å²) in [7, 11) is 1.31. The van der Waals surface area contributed by atoms with Crippen molar-refractivity contribution >= 4 is 34.3 Å². The number of carbonyl (C=O) groups excluding carboxylic acids is 3. The van der Waals surface area contributed by atoms with Crippen LogP contribution < -0.4 is 5.32 Å². The van der Waals surface area contributed by atoms with Crippen molar-refractivity contribution in [2.45, 2.75) is 19.3 Å². The molecule has 2 amide bonds. The molecule has 1 aromatic heterocycles. The minimum atomic E-state index is -0.379. The number of esters is 1. The molecule has 1 saturated heterocycles. The summed E-state index contributed by atoms with van der Waals surface area (Å²) in [6.07, 6.45) is 1.38. The Hall–Kier alpha value is -1.96. The van der Waals surface area contributed by atoms with Crippen molar-refractivity contribution in [1.82, 2.24) is 9.88 Å². The summed E-state index contributed by atoms with van der Waals surface area (Å²) in [6.45, 7) is 0.669. The van der Waals surface area contributed by atoms with Gasteiger partial charge >= 0.3 is 5.97 Å². The Balaban J connectivity index is 1.85. The maximum atomic E-state index is 11.8. The zero-order valence-corrected chi connectivity index (χ0v) is 11.9. The van der Waals surface area contributed by atoms with Gasteiger partial charge in [0.15, 0.2) is 5.13 Å². The van der Waals surface area contributed by atoms with Gasteiger partial charge in [-0.15, -0.1) is 11.3 Å². The van der Waals surface area contributed by atoms with Crippen LogP contribution in [0.4, 0.5) is 5.13 Å². The fourth-order valence-electron chi connectivity index (χ4n) is 1.87. The second-order valence-corrected chi connectivity index (χ2v) is 5.22. The monoisotopic (exact) mass is 297 g/mol. The zero-order valence-electron chi connectivity index (χ0n) is 11.0. The molecule has 108 valence electrons. The van der Waals surface area contributed by atoms with Crippen LogP contribution in [0.2, 0.25) is 0 Å². The topological polar surface area (TPSA) is 88.6 Å². The van der Waals surface area contributed by atoms with E-state index in [1.165, 1.54) is 23.3 Å². The minimum absolute atomic E-state index is 0.00525. The van der Waals surface area contributed by atoms with E-state index in [-0.39, 0.29) is 30.7 Å². The molecule has 1 N–H and O–H groups in total. The van der Waals surface area contributed by atoms with Crippen LogP contribution in [0.25, 0.3) is 0 Å². The quantitative estimate of drug-likeness (QED) is 0.796. The Labute approximate surface area is 119 Å². The summed E-state index contributed by atoms with van der Waals surface area (Å²) in [5.41, 5.74) is 0.550. The van der Waals surface area contributed by atoms with E-state index in [0.717, 1.165) is 6.42 Å². The first-order valence-electron chi connectivity index (χ1n) is 6.17. The fraction of sp³-hybridized carbons (Fsp3) is 0.500. The van der Waals surface area contributed by atoms with Crippen molar-refractivity contribution in [3.63, 3.8) is 0 Å². The maximum Gasteiger partial charge on any atom is 0.311 e. The lowest BCUT2D eigenvalue weighted by atomic mass is 10.3. The summed E-state index contributed by atoms with van der Waals surface area (Å²) in [5.74, 6) is -0.652. The molecule has 2 rings (SSSR count). The number of hydrogen-bond donors (Lipinski definition) is 1. The number of aromatic nitrogens is 1. The number of likely N-dealkylation sites (tertiary alicyclic amines) is 1. The minimum Gasteiger partial charge on any atom is -0.469 e. The molecule has 2 heterocycles. The average molecular weight is 297 g/mol. The van der Waals surface area contributed by atoms with Crippen LogP contribution in [0.3, 0.4) is 0 Å². The van der Waals surface area contributed by atoms with E-state index in [0.29, 0.717) is 23.8 Å². The molecule has 0 spiro atoms. The van der Waals surface area contributed by atoms with Gasteiger partial charge in [0.25, 0.3) is 0 Å². The number of methoxy groups -OCH3 is 1. The summed E-state index contributed by atoms with van der Waals surface area (Å²) in [5, 5.41) is 4.73. The van der Waals surface area contributed by atoms with Gasteiger partial charge in [-0.3, -0.25) is 14.4 Å². The zero-order chi connectivity index (χ0) is 14.5. The first kappa shape index (κ1) is 14.4. The number of ether oxygens (including phenoxy) is 1. The van der Waals surface area contributed by atoms with Crippen LogP contribution in [-0.4, -0.2) is 47.9 Å². The smallest absolute Gasteiger partial charge is 0.311 e. The van der Waals surface area contributed by atoms with E-state index in [2.05, 4.69) is 15.0 Å². The lowest BCUT2D eigenvalue weighted by molar-refractivity contribution is -0.139. The van der Waals surface area contributed by atoms with E-state index >= 15 is 0 Å². The van der Waals surface area contributed by atoms with Gasteiger partial charge in [-0.05, 0) is 6.42 Å². The third kappa shape index (κ3) is 3.77. The van der Waals surface area contributed by atoms with Gasteiger partial charge in [-0.25, -0.2) is 4.98 Å². The van der Waals surface area contributed by atoms with E-state index < -0.39 is 0 Å². The molecule has 1 fully saturated rings. The largest absolute Gasteiger partial charge is 0.469 e. The van der Waals surface area contributed by atoms with Crippen LogP contribution in [-0.2, 0) is 25.5 Å². The molecule has 1 aliphatic heterocycles. The van der Waals surface area contributed by atoms with Crippen molar-refractivity contribution in [3.8, 4) is 0 Å². The highest BCUT2D eigenvalue weighted by Gasteiger charge is 2.22. The lowest BCUT2D eigenvalue weighted by Gasteiger charge is -2.13. The Bertz CT molecular complexity index is 529. The van der Waals surface area contributed by atoms with Gasteiger partial charge < -0.3 is 15.0 Å². The van der Waals surface area contributed by atoms with Crippen molar-refractivity contribution in [3.05, 3.63) is 11.1 Å². The molecule has 0 aliphatic carbocycles. The Morgan fingerprint density at radius 2 is 2.35 bits per heavy atom. The molecule has 7 nitrogen and oxygen atoms in total. The van der Waals surface area contributed by atoms with Gasteiger partial charge in [0.2, 0.25) is 11.8 Å². The maximum absolute atomic E-state index is 11.8. The standard InChI is InChI=1S/C12H15N3O4S/c1-19-11(18)5-8-7-20-12(13-8)14-9(16)6-15-4-2-3-10(15)17/h7H,2-6H2,1H3,(H,13,14,16). The van der Waals surface area contributed by atoms with Gasteiger partial charge in [-0.2, -0.15) is 0 Å². The molecule has 0 bridgehead atoms. The van der Waals surface area contributed by atoms with Crippen molar-refractivity contribution in [2.24, 2.45) is 0 Å². The molecule has 20 heavy (non-hydrogen) atoms. The number of thiazole rings is 1. The summed E-state index contributed by atoms with van der Waals surface area (Å²) < 4.78 is 4.54. The second-order valence-electron chi connectivity index (χ2n) is 4.36. The first-order valence-corrected chi connectivity index (χ1v) is 7.05. The summed E-state index contributed by atoms with van der Waals surface area (Å²) in [4.78, 5) is 39.9. The number of nitrogens with one attached hydrogen (secondary N) is 1. The number of hydrogen-bond acceptors (Lipinski definition) is 6. The van der Waals surface area contributed by atoms with Crippen LogP contribution >= 0.6 is 11.3 Å².